The van der Waals surface area contributed by atoms with Crippen LogP contribution in [0, 0.1) is 5.82 Å². The molecule has 1 aromatic carbocycles. The van der Waals surface area contributed by atoms with Crippen LogP contribution in [0.3, 0.4) is 0 Å². The first-order chi connectivity index (χ1) is 7.00. The van der Waals surface area contributed by atoms with Gasteiger partial charge >= 0.3 is 5.97 Å². The molecule has 0 spiro atoms. The summed E-state index contributed by atoms with van der Waals surface area (Å²) in [5.74, 6) is -1.73. The van der Waals surface area contributed by atoms with E-state index in [1.807, 2.05) is 0 Å². The summed E-state index contributed by atoms with van der Waals surface area (Å²) in [6.45, 7) is 0. The fourth-order valence-electron chi connectivity index (χ4n) is 1.19. The Balaban J connectivity index is 2.62. The number of rotatable bonds is 4. The van der Waals surface area contributed by atoms with Crippen LogP contribution in [0.1, 0.15) is 5.56 Å². The standard InChI is InChI=1S/C10H12FNO3/c11-7-3-1-6(2-4-7)5-8(12)9(13)10(14)15/h1-4,8-9,13H,5,12H2,(H,14,15)/t8-,9+/m1/s1. The summed E-state index contributed by atoms with van der Waals surface area (Å²) >= 11 is 0. The average molecular weight is 213 g/mol. The lowest BCUT2D eigenvalue weighted by Gasteiger charge is -2.14. The Morgan fingerprint density at radius 1 is 1.40 bits per heavy atom. The molecule has 0 aromatic heterocycles. The molecule has 4 N–H and O–H groups in total. The van der Waals surface area contributed by atoms with Gasteiger partial charge in [-0.1, -0.05) is 12.1 Å². The van der Waals surface area contributed by atoms with Crippen LogP contribution in [0.2, 0.25) is 0 Å². The minimum atomic E-state index is -1.60. The van der Waals surface area contributed by atoms with Gasteiger partial charge in [-0.25, -0.2) is 9.18 Å². The second-order valence-electron chi connectivity index (χ2n) is 3.28. The van der Waals surface area contributed by atoms with Gasteiger partial charge in [0, 0.05) is 6.04 Å². The van der Waals surface area contributed by atoms with E-state index >= 15 is 0 Å². The molecular formula is C10H12FNO3. The first-order valence-corrected chi connectivity index (χ1v) is 4.41. The van der Waals surface area contributed by atoms with Crippen molar-refractivity contribution in [1.29, 1.82) is 0 Å². The van der Waals surface area contributed by atoms with Crippen LogP contribution in [0.4, 0.5) is 4.39 Å². The molecule has 1 rings (SSSR count). The fraction of sp³-hybridized carbons (Fsp3) is 0.300. The molecule has 0 radical (unpaired) electrons. The van der Waals surface area contributed by atoms with E-state index in [9.17, 15) is 9.18 Å². The molecule has 4 nitrogen and oxygen atoms in total. The van der Waals surface area contributed by atoms with E-state index in [4.69, 9.17) is 15.9 Å². The van der Waals surface area contributed by atoms with E-state index in [2.05, 4.69) is 0 Å². The number of benzene rings is 1. The number of hydrogen-bond donors (Lipinski definition) is 3. The van der Waals surface area contributed by atoms with E-state index in [1.54, 1.807) is 0 Å². The number of carbonyl (C=O) groups is 1. The average Bonchev–Trinajstić information content (AvgIpc) is 2.20. The van der Waals surface area contributed by atoms with Crippen LogP contribution in [0.25, 0.3) is 0 Å². The second kappa shape index (κ2) is 4.86. The summed E-state index contributed by atoms with van der Waals surface area (Å²) in [5, 5.41) is 17.6. The maximum Gasteiger partial charge on any atom is 0.334 e. The molecule has 0 fully saturated rings. The molecule has 5 heteroatoms. The summed E-state index contributed by atoms with van der Waals surface area (Å²) in [6.07, 6.45) is -1.41. The number of hydrogen-bond acceptors (Lipinski definition) is 3. The highest BCUT2D eigenvalue weighted by Gasteiger charge is 2.21. The van der Waals surface area contributed by atoms with Crippen molar-refractivity contribution in [2.75, 3.05) is 0 Å². The topological polar surface area (TPSA) is 83.5 Å². The van der Waals surface area contributed by atoms with E-state index < -0.39 is 18.1 Å². The largest absolute Gasteiger partial charge is 0.479 e. The number of carboxylic acids is 1. The molecule has 0 aliphatic carbocycles. The minimum absolute atomic E-state index is 0.188. The van der Waals surface area contributed by atoms with Gasteiger partial charge < -0.3 is 15.9 Å². The molecule has 0 unspecified atom stereocenters. The Hall–Kier alpha value is -1.46. The van der Waals surface area contributed by atoms with Crippen molar-refractivity contribution in [3.8, 4) is 0 Å². The van der Waals surface area contributed by atoms with E-state index in [-0.39, 0.29) is 12.2 Å². The van der Waals surface area contributed by atoms with Crippen molar-refractivity contribution in [2.45, 2.75) is 18.6 Å². The van der Waals surface area contributed by atoms with Crippen LogP contribution in [-0.4, -0.2) is 28.3 Å². The number of nitrogens with two attached hydrogens (primary N) is 1. The van der Waals surface area contributed by atoms with Gasteiger partial charge in [-0.2, -0.15) is 0 Å². The molecule has 2 atom stereocenters. The molecule has 15 heavy (non-hydrogen) atoms. The van der Waals surface area contributed by atoms with Gasteiger partial charge in [-0.3, -0.25) is 0 Å². The van der Waals surface area contributed by atoms with Crippen molar-refractivity contribution in [3.05, 3.63) is 35.6 Å². The zero-order valence-corrected chi connectivity index (χ0v) is 7.93. The van der Waals surface area contributed by atoms with Gasteiger partial charge in [0.25, 0.3) is 0 Å². The maximum absolute atomic E-state index is 12.5. The molecular weight excluding hydrogens is 201 g/mol. The monoisotopic (exact) mass is 213 g/mol. The van der Waals surface area contributed by atoms with Gasteiger partial charge in [0.05, 0.1) is 0 Å². The lowest BCUT2D eigenvalue weighted by molar-refractivity contribution is -0.147. The maximum atomic E-state index is 12.5. The van der Waals surface area contributed by atoms with Gasteiger partial charge in [-0.05, 0) is 24.1 Å². The highest BCUT2D eigenvalue weighted by Crippen LogP contribution is 2.06. The van der Waals surface area contributed by atoms with Crippen molar-refractivity contribution >= 4 is 5.97 Å². The number of carboxylic acid groups (broad SMARTS) is 1. The second-order valence-corrected chi connectivity index (χ2v) is 3.28. The smallest absolute Gasteiger partial charge is 0.334 e. The Morgan fingerprint density at radius 2 is 1.93 bits per heavy atom. The summed E-state index contributed by atoms with van der Waals surface area (Å²) in [4.78, 5) is 10.4. The number of aliphatic carboxylic acids is 1. The highest BCUT2D eigenvalue weighted by molar-refractivity contribution is 5.72. The van der Waals surface area contributed by atoms with Crippen LogP contribution in [0.15, 0.2) is 24.3 Å². The Morgan fingerprint density at radius 3 is 2.40 bits per heavy atom. The Kier molecular flexibility index (Phi) is 3.76. The number of aliphatic hydroxyl groups is 1. The lowest BCUT2D eigenvalue weighted by atomic mass is 10.0. The third kappa shape index (κ3) is 3.30. The zero-order valence-electron chi connectivity index (χ0n) is 7.93. The number of aliphatic hydroxyl groups excluding tert-OH is 1. The van der Waals surface area contributed by atoms with Crippen molar-refractivity contribution in [3.63, 3.8) is 0 Å². The third-order valence-corrected chi connectivity index (χ3v) is 2.04. The fourth-order valence-corrected chi connectivity index (χ4v) is 1.19. The lowest BCUT2D eigenvalue weighted by Crippen LogP contribution is -2.41. The molecule has 0 amide bonds. The highest BCUT2D eigenvalue weighted by atomic mass is 19.1. The first-order valence-electron chi connectivity index (χ1n) is 4.41. The zero-order chi connectivity index (χ0) is 11.4. The molecule has 0 heterocycles. The van der Waals surface area contributed by atoms with Gasteiger partial charge in [0.15, 0.2) is 6.10 Å². The summed E-state index contributed by atoms with van der Waals surface area (Å²) in [6, 6.07) is 4.63. The van der Waals surface area contributed by atoms with Crippen molar-refractivity contribution in [1.82, 2.24) is 0 Å². The molecule has 1 aromatic rings. The first kappa shape index (κ1) is 11.6. The Bertz CT molecular complexity index is 339. The molecule has 82 valence electrons. The minimum Gasteiger partial charge on any atom is -0.479 e. The van der Waals surface area contributed by atoms with Crippen LogP contribution in [-0.2, 0) is 11.2 Å². The van der Waals surface area contributed by atoms with Gasteiger partial charge in [0.1, 0.15) is 5.82 Å². The SMILES string of the molecule is N[C@H](Cc1ccc(F)cc1)[C@H](O)C(=O)O. The third-order valence-electron chi connectivity index (χ3n) is 2.04. The quantitative estimate of drug-likeness (QED) is 0.664. The number of halogens is 1. The molecule has 0 saturated carbocycles. The Labute approximate surface area is 86.1 Å². The predicted molar refractivity (Wildman–Crippen MR) is 51.7 cm³/mol. The summed E-state index contributed by atoms with van der Waals surface area (Å²) in [5.41, 5.74) is 6.15. The summed E-state index contributed by atoms with van der Waals surface area (Å²) < 4.78 is 12.5. The molecule has 0 aliphatic heterocycles. The van der Waals surface area contributed by atoms with Crippen molar-refractivity contribution < 1.29 is 19.4 Å². The van der Waals surface area contributed by atoms with E-state index in [0.29, 0.717) is 5.56 Å². The summed E-state index contributed by atoms with van der Waals surface area (Å²) in [7, 11) is 0. The molecule has 0 saturated heterocycles. The van der Waals surface area contributed by atoms with Crippen LogP contribution < -0.4 is 5.73 Å². The normalized spacial score (nSPS) is 14.6. The van der Waals surface area contributed by atoms with Gasteiger partial charge in [-0.15, -0.1) is 0 Å². The van der Waals surface area contributed by atoms with Crippen molar-refractivity contribution in [2.24, 2.45) is 5.73 Å². The molecule has 0 bridgehead atoms. The molecule has 0 aliphatic rings. The van der Waals surface area contributed by atoms with Crippen LogP contribution >= 0.6 is 0 Å². The van der Waals surface area contributed by atoms with Crippen LogP contribution in [0.5, 0.6) is 0 Å². The predicted octanol–water partition coefficient (Wildman–Crippen LogP) is 0.141. The van der Waals surface area contributed by atoms with E-state index in [0.717, 1.165) is 0 Å². The van der Waals surface area contributed by atoms with Gasteiger partial charge in [0.2, 0.25) is 0 Å². The van der Waals surface area contributed by atoms with E-state index in [1.165, 1.54) is 24.3 Å².